The van der Waals surface area contributed by atoms with Gasteiger partial charge in [0.1, 0.15) is 5.82 Å². The molecule has 2 aromatic rings. The van der Waals surface area contributed by atoms with Crippen LogP contribution in [0.1, 0.15) is 5.56 Å². The van der Waals surface area contributed by atoms with Crippen LogP contribution < -0.4 is 5.32 Å². The summed E-state index contributed by atoms with van der Waals surface area (Å²) in [6, 6.07) is 7.68. The highest BCUT2D eigenvalue weighted by Gasteiger charge is 2.02. The van der Waals surface area contributed by atoms with Gasteiger partial charge in [-0.1, -0.05) is 27.5 Å². The Hall–Kier alpha value is -1.000. The molecule has 0 aliphatic carbocycles. The summed E-state index contributed by atoms with van der Waals surface area (Å²) in [5, 5.41) is 8.12. The van der Waals surface area contributed by atoms with E-state index in [1.807, 2.05) is 31.3 Å². The quantitative estimate of drug-likeness (QED) is 0.941. The molecule has 0 unspecified atom stereocenters. The first-order valence-electron chi connectivity index (χ1n) is 4.82. The molecular formula is C11H11BrClN3. The fourth-order valence-corrected chi connectivity index (χ4v) is 1.99. The zero-order chi connectivity index (χ0) is 11.5. The van der Waals surface area contributed by atoms with Gasteiger partial charge in [-0.2, -0.15) is 5.10 Å². The number of aryl methyl sites for hydroxylation is 1. The van der Waals surface area contributed by atoms with Crippen LogP contribution in [0.25, 0.3) is 0 Å². The summed E-state index contributed by atoms with van der Waals surface area (Å²) in [5.41, 5.74) is 1.12. The van der Waals surface area contributed by atoms with Crippen molar-refractivity contribution in [3.63, 3.8) is 0 Å². The van der Waals surface area contributed by atoms with Gasteiger partial charge in [0.05, 0.1) is 6.20 Å². The maximum atomic E-state index is 5.94. The van der Waals surface area contributed by atoms with Crippen molar-refractivity contribution in [1.82, 2.24) is 9.78 Å². The van der Waals surface area contributed by atoms with Crippen molar-refractivity contribution < 1.29 is 0 Å². The van der Waals surface area contributed by atoms with E-state index in [-0.39, 0.29) is 0 Å². The second-order valence-corrected chi connectivity index (χ2v) is 4.72. The molecule has 0 radical (unpaired) electrons. The molecular weight excluding hydrogens is 289 g/mol. The topological polar surface area (TPSA) is 29.9 Å². The smallest absolute Gasteiger partial charge is 0.124 e. The molecule has 16 heavy (non-hydrogen) atoms. The molecule has 0 aliphatic heterocycles. The Morgan fingerprint density at radius 1 is 1.44 bits per heavy atom. The zero-order valence-corrected chi connectivity index (χ0v) is 11.1. The van der Waals surface area contributed by atoms with Gasteiger partial charge < -0.3 is 5.32 Å². The van der Waals surface area contributed by atoms with Crippen LogP contribution in [0.4, 0.5) is 5.82 Å². The van der Waals surface area contributed by atoms with Crippen LogP contribution in [0, 0.1) is 0 Å². The van der Waals surface area contributed by atoms with Crippen molar-refractivity contribution in [3.8, 4) is 0 Å². The number of hydrogen-bond acceptors (Lipinski definition) is 2. The summed E-state index contributed by atoms with van der Waals surface area (Å²) >= 11 is 9.43. The van der Waals surface area contributed by atoms with Crippen LogP contribution in [0.3, 0.4) is 0 Å². The summed E-state index contributed by atoms with van der Waals surface area (Å²) in [5.74, 6) is 0.979. The van der Waals surface area contributed by atoms with Gasteiger partial charge in [-0.15, -0.1) is 0 Å². The molecule has 0 atom stereocenters. The monoisotopic (exact) mass is 299 g/mol. The molecule has 1 aromatic carbocycles. The van der Waals surface area contributed by atoms with Crippen molar-refractivity contribution in [1.29, 1.82) is 0 Å². The first-order chi connectivity index (χ1) is 7.66. The molecule has 0 bridgehead atoms. The van der Waals surface area contributed by atoms with Crippen molar-refractivity contribution in [2.24, 2.45) is 7.05 Å². The second kappa shape index (κ2) is 4.89. The minimum absolute atomic E-state index is 0.709. The SMILES string of the molecule is Cn1nccc1NCc1cc(Cl)ccc1Br. The lowest BCUT2D eigenvalue weighted by atomic mass is 10.2. The van der Waals surface area contributed by atoms with Crippen LogP contribution in [0.15, 0.2) is 34.9 Å². The van der Waals surface area contributed by atoms with Crippen molar-refractivity contribution in [2.75, 3.05) is 5.32 Å². The molecule has 0 saturated heterocycles. The van der Waals surface area contributed by atoms with Crippen molar-refractivity contribution in [3.05, 3.63) is 45.5 Å². The van der Waals surface area contributed by atoms with E-state index in [1.54, 1.807) is 10.9 Å². The minimum atomic E-state index is 0.709. The van der Waals surface area contributed by atoms with E-state index in [2.05, 4.69) is 26.3 Å². The third kappa shape index (κ3) is 2.57. The third-order valence-electron chi connectivity index (χ3n) is 2.29. The molecule has 0 amide bonds. The van der Waals surface area contributed by atoms with E-state index >= 15 is 0 Å². The van der Waals surface area contributed by atoms with Crippen LogP contribution in [0.2, 0.25) is 5.02 Å². The molecule has 2 rings (SSSR count). The Labute approximate surface area is 108 Å². The minimum Gasteiger partial charge on any atom is -0.366 e. The Bertz CT molecular complexity index is 496. The number of nitrogens with one attached hydrogen (secondary N) is 1. The van der Waals surface area contributed by atoms with Crippen molar-refractivity contribution in [2.45, 2.75) is 6.54 Å². The van der Waals surface area contributed by atoms with Crippen LogP contribution in [-0.4, -0.2) is 9.78 Å². The van der Waals surface area contributed by atoms with Crippen LogP contribution >= 0.6 is 27.5 Å². The van der Waals surface area contributed by atoms with E-state index in [1.165, 1.54) is 0 Å². The Morgan fingerprint density at radius 3 is 2.94 bits per heavy atom. The Morgan fingerprint density at radius 2 is 2.25 bits per heavy atom. The highest BCUT2D eigenvalue weighted by atomic mass is 79.9. The number of hydrogen-bond donors (Lipinski definition) is 1. The number of aromatic nitrogens is 2. The average molecular weight is 301 g/mol. The molecule has 5 heteroatoms. The van der Waals surface area contributed by atoms with Gasteiger partial charge >= 0.3 is 0 Å². The summed E-state index contributed by atoms with van der Waals surface area (Å²) in [6.45, 7) is 0.709. The average Bonchev–Trinajstić information content (AvgIpc) is 2.66. The zero-order valence-electron chi connectivity index (χ0n) is 8.74. The lowest BCUT2D eigenvalue weighted by Gasteiger charge is -2.08. The first kappa shape index (κ1) is 11.5. The summed E-state index contributed by atoms with van der Waals surface area (Å²) in [6.07, 6.45) is 1.76. The van der Waals surface area contributed by atoms with E-state index in [0.29, 0.717) is 6.54 Å². The fourth-order valence-electron chi connectivity index (χ4n) is 1.41. The molecule has 0 fully saturated rings. The largest absolute Gasteiger partial charge is 0.366 e. The van der Waals surface area contributed by atoms with Crippen LogP contribution in [0.5, 0.6) is 0 Å². The van der Waals surface area contributed by atoms with E-state index in [0.717, 1.165) is 20.9 Å². The number of rotatable bonds is 3. The van der Waals surface area contributed by atoms with Crippen LogP contribution in [-0.2, 0) is 13.6 Å². The second-order valence-electron chi connectivity index (χ2n) is 3.43. The van der Waals surface area contributed by atoms with Gasteiger partial charge in [-0.25, -0.2) is 0 Å². The third-order valence-corrected chi connectivity index (χ3v) is 3.30. The highest BCUT2D eigenvalue weighted by Crippen LogP contribution is 2.22. The number of nitrogens with zero attached hydrogens (tertiary/aromatic N) is 2. The molecule has 84 valence electrons. The lowest BCUT2D eigenvalue weighted by molar-refractivity contribution is 0.769. The van der Waals surface area contributed by atoms with E-state index < -0.39 is 0 Å². The fraction of sp³-hybridized carbons (Fsp3) is 0.182. The molecule has 3 nitrogen and oxygen atoms in total. The normalized spacial score (nSPS) is 10.4. The van der Waals surface area contributed by atoms with E-state index in [9.17, 15) is 0 Å². The van der Waals surface area contributed by atoms with Gasteiger partial charge in [0.15, 0.2) is 0 Å². The molecule has 1 aromatic heterocycles. The van der Waals surface area contributed by atoms with Gasteiger partial charge in [0.2, 0.25) is 0 Å². The Kier molecular flexibility index (Phi) is 3.51. The van der Waals surface area contributed by atoms with Gasteiger partial charge in [-0.05, 0) is 23.8 Å². The van der Waals surface area contributed by atoms with Crippen molar-refractivity contribution >= 4 is 33.3 Å². The maximum absolute atomic E-state index is 5.94. The summed E-state index contributed by atoms with van der Waals surface area (Å²) in [4.78, 5) is 0. The molecule has 0 aliphatic rings. The van der Waals surface area contributed by atoms with Gasteiger partial charge in [0, 0.05) is 29.2 Å². The predicted octanol–water partition coefficient (Wildman–Crippen LogP) is 3.45. The van der Waals surface area contributed by atoms with Gasteiger partial charge in [0.25, 0.3) is 0 Å². The molecule has 0 saturated carbocycles. The Balaban J connectivity index is 2.10. The standard InChI is InChI=1S/C11H11BrClN3/c1-16-11(4-5-15-16)14-7-8-6-9(13)2-3-10(8)12/h2-6,14H,7H2,1H3. The molecule has 1 N–H and O–H groups in total. The highest BCUT2D eigenvalue weighted by molar-refractivity contribution is 9.10. The number of benzene rings is 1. The first-order valence-corrected chi connectivity index (χ1v) is 6.00. The predicted molar refractivity (Wildman–Crippen MR) is 69.7 cm³/mol. The van der Waals surface area contributed by atoms with Gasteiger partial charge in [-0.3, -0.25) is 4.68 Å². The summed E-state index contributed by atoms with van der Waals surface area (Å²) < 4.78 is 2.84. The van der Waals surface area contributed by atoms with E-state index in [4.69, 9.17) is 11.6 Å². The lowest BCUT2D eigenvalue weighted by Crippen LogP contribution is -2.05. The molecule has 1 heterocycles. The maximum Gasteiger partial charge on any atom is 0.124 e. The number of halogens is 2. The molecule has 0 spiro atoms. The number of anilines is 1. The summed E-state index contributed by atoms with van der Waals surface area (Å²) in [7, 11) is 1.90.